The van der Waals surface area contributed by atoms with Crippen molar-refractivity contribution in [1.29, 1.82) is 0 Å². The Morgan fingerprint density at radius 3 is 1.11 bits per heavy atom. The van der Waals surface area contributed by atoms with Crippen LogP contribution in [0.4, 0.5) is 94.3 Å². The van der Waals surface area contributed by atoms with Crippen molar-refractivity contribution in [3.05, 3.63) is 253 Å². The predicted molar refractivity (Wildman–Crippen MR) is 487 cm³/mol. The summed E-state index contributed by atoms with van der Waals surface area (Å²) >= 11 is 0. The number of methoxy groups -OCH3 is 3. The Hall–Kier alpha value is -14.6. The summed E-state index contributed by atoms with van der Waals surface area (Å²) in [5.74, 6) is -15.0. The van der Waals surface area contributed by atoms with E-state index < -0.39 is 179 Å². The lowest BCUT2D eigenvalue weighted by molar-refractivity contribution is -0.167. The average molecular weight is 1960 g/mol. The number of alkyl halides is 9. The lowest BCUT2D eigenvalue weighted by Gasteiger charge is -2.38. The van der Waals surface area contributed by atoms with Crippen LogP contribution in [0.25, 0.3) is 66.4 Å². The van der Waals surface area contributed by atoms with Crippen LogP contribution in [0, 0.1) is 69.5 Å². The zero-order valence-electron chi connectivity index (χ0n) is 76.8. The molecule has 3 amide bonds. The number of aromatic nitrogens is 7. The summed E-state index contributed by atoms with van der Waals surface area (Å²) in [6.45, 7) is 5.96. The number of halogens is 15. The van der Waals surface area contributed by atoms with Gasteiger partial charge in [0.15, 0.2) is 0 Å². The Labute approximate surface area is 789 Å². The number of benzene rings is 6. The summed E-state index contributed by atoms with van der Waals surface area (Å²) in [7, 11) is 8.65. The largest absolute Gasteiger partial charge is 0.467 e. The lowest BCUT2D eigenvalue weighted by Crippen LogP contribution is -2.53. The zero-order valence-corrected chi connectivity index (χ0v) is 76.8. The molecular weight excluding hydrogens is 1870 g/mol. The number of aryl methyl sites for hydroxylation is 4. The molecule has 3 saturated heterocycles. The Morgan fingerprint density at radius 2 is 0.779 bits per heavy atom. The van der Waals surface area contributed by atoms with E-state index in [1.165, 1.54) is 10.8 Å². The van der Waals surface area contributed by atoms with Crippen molar-refractivity contribution in [1.82, 2.24) is 50.4 Å². The zero-order chi connectivity index (χ0) is 102. The first kappa shape index (κ1) is 103. The number of carbonyl (C=O) groups excluding carboxylic acids is 6. The number of rotatable bonds is 22. The molecule has 6 aromatic heterocycles. The molecule has 9 heterocycles. The van der Waals surface area contributed by atoms with E-state index in [4.69, 9.17) is 39.1 Å². The molecule has 12 aromatic rings. The van der Waals surface area contributed by atoms with E-state index >= 15 is 26.3 Å². The van der Waals surface area contributed by atoms with Crippen LogP contribution in [0.2, 0.25) is 0 Å². The Bertz CT molecular complexity index is 6760. The van der Waals surface area contributed by atoms with Crippen LogP contribution in [0.5, 0.6) is 0 Å². The molecule has 3 aliphatic rings. The first-order valence-electron chi connectivity index (χ1n) is 43.2. The molecule has 6 atom stereocenters. The molecule has 738 valence electrons. The Morgan fingerprint density at radius 1 is 0.450 bits per heavy atom. The van der Waals surface area contributed by atoms with Gasteiger partial charge in [-0.2, -0.15) is 39.5 Å². The number of nitrogens with one attached hydrogen (secondary N) is 3. The van der Waals surface area contributed by atoms with Gasteiger partial charge in [-0.3, -0.25) is 44.1 Å². The number of nitrogens with zero attached hydrogens (tertiary/aromatic N) is 11. The van der Waals surface area contributed by atoms with Gasteiger partial charge < -0.3 is 74.3 Å². The first-order chi connectivity index (χ1) is 66.3. The van der Waals surface area contributed by atoms with Gasteiger partial charge in [-0.1, -0.05) is 54.6 Å². The summed E-state index contributed by atoms with van der Waals surface area (Å²) in [6.07, 6.45) is -8.19. The van der Waals surface area contributed by atoms with Crippen molar-refractivity contribution in [2.24, 2.45) is 7.05 Å². The number of hydrogen-bond acceptors (Lipinski definition) is 24. The van der Waals surface area contributed by atoms with Gasteiger partial charge in [-0.25, -0.2) is 45.7 Å². The maximum absolute atomic E-state index is 15.3. The third-order valence-electron chi connectivity index (χ3n) is 24.0. The van der Waals surface area contributed by atoms with Crippen LogP contribution in [0.1, 0.15) is 76.1 Å². The topological polar surface area (TPSA) is 332 Å². The van der Waals surface area contributed by atoms with Gasteiger partial charge in [0, 0.05) is 140 Å². The molecule has 0 saturated carbocycles. The van der Waals surface area contributed by atoms with Crippen molar-refractivity contribution in [3.8, 4) is 33.6 Å². The Balaban J connectivity index is 0.000000177. The number of nitrogens with two attached hydrogens (primary N) is 1. The fourth-order valence-electron chi connectivity index (χ4n) is 16.7. The molecule has 0 spiro atoms. The highest BCUT2D eigenvalue weighted by Crippen LogP contribution is 2.41. The van der Waals surface area contributed by atoms with Crippen molar-refractivity contribution in [2.45, 2.75) is 109 Å². The van der Waals surface area contributed by atoms with Crippen LogP contribution in [0.15, 0.2) is 151 Å². The predicted octanol–water partition coefficient (Wildman–Crippen LogP) is 14.5. The highest BCUT2D eigenvalue weighted by molar-refractivity contribution is 6.03. The molecule has 43 heteroatoms. The van der Waals surface area contributed by atoms with E-state index in [1.54, 1.807) is 111 Å². The maximum atomic E-state index is 15.3. The van der Waals surface area contributed by atoms with Crippen LogP contribution in [-0.4, -0.2) is 220 Å². The number of hydrogen-bond donors (Lipinski definition) is 4. The number of nitrogen functional groups attached to an aromatic ring is 1. The fourth-order valence-corrected chi connectivity index (χ4v) is 16.7. The third kappa shape index (κ3) is 22.4. The highest BCUT2D eigenvalue weighted by Gasteiger charge is 2.49. The molecule has 28 nitrogen and oxygen atoms in total. The molecule has 0 bridgehead atoms. The summed E-state index contributed by atoms with van der Waals surface area (Å²) in [4.78, 5) is 123. The number of pyridine rings is 5. The van der Waals surface area contributed by atoms with Gasteiger partial charge in [0.2, 0.25) is 0 Å². The van der Waals surface area contributed by atoms with Crippen LogP contribution in [-0.2, 0) is 69.1 Å². The molecule has 140 heavy (non-hydrogen) atoms. The number of carbonyl (C=O) groups is 6. The van der Waals surface area contributed by atoms with E-state index in [9.17, 15) is 73.1 Å². The minimum Gasteiger partial charge on any atom is -0.467 e. The number of amides is 3. The normalized spacial score (nSPS) is 15.8. The van der Waals surface area contributed by atoms with Gasteiger partial charge in [-0.05, 0) is 124 Å². The second-order valence-electron chi connectivity index (χ2n) is 33.2. The summed E-state index contributed by atoms with van der Waals surface area (Å²) in [5.41, 5.74) is 13.1. The molecule has 0 unspecified atom stereocenters. The van der Waals surface area contributed by atoms with E-state index in [0.29, 0.717) is 125 Å². The SMILES string of the molecule is COC(=O)[C@H](Cc1ccc(-c2cc(N)c(C)n(C)c2=O)c2ncccc12)NC(=O)c1c(F)cc(N2CCOC[C@@H]2C(F)(F)F)cc1F.COC(=O)[C@H](Cc1ccc(-c2nc(C)c(C)nc2C)c2ncccc12)NC(=O)c1c(F)cc(N2CCOC[C@@H]2C(F)(F)F)cc1F.COC(=O)[C@H](Cc1ccc(-c2ncc(C)cc2N(C)C)c2ncccc12)NC(=O)c1c(F)cc(N2CCOC[C@@H]2C(F)(F)F)cc1F. The molecule has 3 aliphatic heterocycles. The number of fused-ring (bicyclic) bond motifs is 3. The lowest BCUT2D eigenvalue weighted by atomic mass is 9.95. The fraction of sp³-hybridized carbons (Fsp3) is 0.330. The molecule has 5 N–H and O–H groups in total. The van der Waals surface area contributed by atoms with Crippen molar-refractivity contribution in [2.75, 3.05) is 120 Å². The van der Waals surface area contributed by atoms with Gasteiger partial charge >= 0.3 is 36.4 Å². The quantitative estimate of drug-likeness (QED) is 0.0278. The first-order valence-corrected chi connectivity index (χ1v) is 43.2. The molecule has 0 radical (unpaired) electrons. The van der Waals surface area contributed by atoms with Gasteiger partial charge in [0.25, 0.3) is 23.3 Å². The van der Waals surface area contributed by atoms with Crippen LogP contribution in [0.3, 0.4) is 0 Å². The van der Waals surface area contributed by atoms with Crippen LogP contribution < -0.4 is 46.8 Å². The summed E-state index contributed by atoms with van der Waals surface area (Å²) < 4.78 is 244. The molecule has 0 aliphatic carbocycles. The number of ether oxygens (including phenoxy) is 6. The minimum atomic E-state index is -4.74. The van der Waals surface area contributed by atoms with Crippen molar-refractivity contribution >= 4 is 96.8 Å². The molecule has 3 fully saturated rings. The highest BCUT2D eigenvalue weighted by atomic mass is 19.4. The minimum absolute atomic E-state index is 0.0810. The number of morpholine rings is 3. The number of esters is 3. The summed E-state index contributed by atoms with van der Waals surface area (Å²) in [5, 5.41) is 8.75. The second kappa shape index (κ2) is 42.8. The van der Waals surface area contributed by atoms with Gasteiger partial charge in [0.05, 0.1) is 123 Å². The van der Waals surface area contributed by atoms with E-state index in [1.807, 2.05) is 52.8 Å². The second-order valence-corrected chi connectivity index (χ2v) is 33.2. The average Bonchev–Trinajstić information content (AvgIpc) is 0.793. The molecule has 6 aromatic carbocycles. The van der Waals surface area contributed by atoms with Crippen LogP contribution >= 0.6 is 0 Å². The van der Waals surface area contributed by atoms with Gasteiger partial charge in [0.1, 0.15) is 87.8 Å². The van der Waals surface area contributed by atoms with E-state index in [-0.39, 0.29) is 69.8 Å². The molecule has 15 rings (SSSR count). The number of anilines is 5. The van der Waals surface area contributed by atoms with Gasteiger partial charge in [-0.15, -0.1) is 0 Å². The monoisotopic (exact) mass is 1960 g/mol. The van der Waals surface area contributed by atoms with E-state index in [2.05, 4.69) is 40.9 Å². The van der Waals surface area contributed by atoms with Crippen molar-refractivity contribution in [3.63, 3.8) is 0 Å². The standard InChI is InChI=1S/C33H32F5N5O4.C32H30F5N5O5.C32H30F5N5O4/c1-18-12-26(42(2)3)30(40-16-18)22-8-7-19(21-6-5-9-39-29(21)22)13-25(32(45)46-4)41-31(44)28-23(34)14-20(15-24(28)35)43-10-11-47-17-27(43)33(36,37)38;1-16-24(38)14-21(30(44)41(16)2)20-7-6-17(19-5-4-8-39-28(19)20)11-25(31(45)46-3)40-29(43)27-22(33)12-18(13-23(27)34)42-9-10-47-15-26(42)32(35,36)37;1-16-17(2)40-28(18(3)39-16)22-8-7-19(21-6-5-9-38-29(21)22)12-25(31(44)45-4)41-30(43)27-23(33)13-20(14-24(27)34)42-10-11-46-15-26(42)32(35,36)37/h5-9,12,14-16,25,27H,10-11,13,17H2,1-4H3,(H,41,44);4-8,12-14,25-26H,9-11,15,38H2,1-3H3,(H,40,43);5-9,13-14,25-26H,10-12,15H2,1-4H3,(H,41,43)/t25-,27+;2*25-,26+/m000/s1. The smallest absolute Gasteiger partial charge is 0.411 e. The van der Waals surface area contributed by atoms with Crippen molar-refractivity contribution < 1.29 is 123 Å². The molecular formula is C97H92F15N15O13. The third-order valence-corrected chi connectivity index (χ3v) is 24.0. The summed E-state index contributed by atoms with van der Waals surface area (Å²) in [6, 6.07) is 17.4. The van der Waals surface area contributed by atoms with E-state index in [0.717, 1.165) is 64.2 Å². The maximum Gasteiger partial charge on any atom is 0.411 e. The Kier molecular flexibility index (Phi) is 31.4.